The molecule has 236 valence electrons. The molecule has 6 aromatic carbocycles. The molecule has 4 bridgehead atoms. The van der Waals surface area contributed by atoms with Crippen molar-refractivity contribution < 1.29 is 8.83 Å². The summed E-state index contributed by atoms with van der Waals surface area (Å²) in [5.41, 5.74) is 10.4. The Morgan fingerprint density at radius 3 is 2.06 bits per heavy atom. The van der Waals surface area contributed by atoms with Crippen molar-refractivity contribution in [1.29, 1.82) is 0 Å². The fourth-order valence-corrected chi connectivity index (χ4v) is 11.7. The zero-order valence-corrected chi connectivity index (χ0v) is 27.3. The number of rotatable bonds is 0. The van der Waals surface area contributed by atoms with Crippen LogP contribution in [0.4, 0.5) is 0 Å². The number of fused-ring (bicyclic) bond motifs is 18. The molecule has 4 aliphatic rings. The lowest BCUT2D eigenvalue weighted by Crippen LogP contribution is -2.25. The van der Waals surface area contributed by atoms with Crippen LogP contribution in [0.3, 0.4) is 0 Å². The van der Waals surface area contributed by atoms with Crippen molar-refractivity contribution in [3.8, 4) is 0 Å². The fourth-order valence-electron chi connectivity index (χ4n) is 11.7. The second kappa shape index (κ2) is 8.39. The van der Waals surface area contributed by atoms with Crippen LogP contribution in [0.25, 0.3) is 104 Å². The molecule has 5 heterocycles. The van der Waals surface area contributed by atoms with Gasteiger partial charge in [-0.05, 0) is 95.8 Å². The predicted molar refractivity (Wildman–Crippen MR) is 204 cm³/mol. The van der Waals surface area contributed by atoms with Crippen molar-refractivity contribution in [3.63, 3.8) is 0 Å². The van der Waals surface area contributed by atoms with Gasteiger partial charge in [0.05, 0.1) is 33.5 Å². The van der Waals surface area contributed by atoms with E-state index in [1.54, 1.807) is 5.56 Å². The summed E-state index contributed by atoms with van der Waals surface area (Å²) in [5.74, 6) is 2.83. The Bertz CT molecular complexity index is 3330. The molecule has 4 aliphatic carbocycles. The minimum Gasteiger partial charge on any atom is -0.455 e. The van der Waals surface area contributed by atoms with Gasteiger partial charge in [-0.15, -0.1) is 0 Å². The van der Waals surface area contributed by atoms with Crippen LogP contribution in [0, 0.1) is 11.8 Å². The number of hydrogen-bond acceptors (Lipinski definition) is 3. The Morgan fingerprint density at radius 2 is 1.20 bits per heavy atom. The second-order valence-electron chi connectivity index (χ2n) is 15.9. The first-order chi connectivity index (χ1) is 24.8. The molecule has 0 amide bonds. The Balaban J connectivity index is 1.30. The van der Waals surface area contributed by atoms with E-state index in [1.807, 2.05) is 0 Å². The number of nitrogens with zero attached hydrogens (tertiary/aromatic N) is 2. The van der Waals surface area contributed by atoms with Gasteiger partial charge in [0.1, 0.15) is 22.3 Å². The van der Waals surface area contributed by atoms with Gasteiger partial charge in [0.15, 0.2) is 0 Å². The Morgan fingerprint density at radius 1 is 0.520 bits per heavy atom. The van der Waals surface area contributed by atoms with Crippen LogP contribution in [0.5, 0.6) is 0 Å². The Hall–Kier alpha value is -5.61. The first kappa shape index (κ1) is 25.4. The molecule has 11 aromatic rings. The lowest BCUT2D eigenvalue weighted by molar-refractivity contribution is 0.165. The highest BCUT2D eigenvalue weighted by Crippen LogP contribution is 2.59. The van der Waals surface area contributed by atoms with E-state index < -0.39 is 0 Å². The topological polar surface area (TPSA) is 43.6 Å². The maximum absolute atomic E-state index is 7.06. The summed E-state index contributed by atoms with van der Waals surface area (Å²) in [4.78, 5) is 5.46. The number of pyridine rings is 1. The SMILES string of the molecule is c1ccc2cc3c(cc2c1)oc1c3cc2c3c4c(ncc3n3c2c1c1c2oc5ccccc5c2c2ccccc2c13)C1CC2CC(C1)CC4C2. The van der Waals surface area contributed by atoms with Crippen LogP contribution < -0.4 is 0 Å². The van der Waals surface area contributed by atoms with Gasteiger partial charge in [-0.1, -0.05) is 66.7 Å². The maximum atomic E-state index is 7.06. The van der Waals surface area contributed by atoms with Gasteiger partial charge >= 0.3 is 0 Å². The Kier molecular flexibility index (Phi) is 4.26. The molecule has 0 saturated heterocycles. The van der Waals surface area contributed by atoms with Crippen LogP contribution >= 0.6 is 0 Å². The summed E-state index contributed by atoms with van der Waals surface area (Å²) in [6.07, 6.45) is 8.88. The zero-order chi connectivity index (χ0) is 32.0. The third kappa shape index (κ3) is 2.82. The quantitative estimate of drug-likeness (QED) is 0.165. The summed E-state index contributed by atoms with van der Waals surface area (Å²) in [7, 11) is 0. The van der Waals surface area contributed by atoms with Gasteiger partial charge in [-0.25, -0.2) is 0 Å². The number of aromatic nitrogens is 2. The molecule has 2 fully saturated rings. The molecule has 0 spiro atoms. The van der Waals surface area contributed by atoms with Crippen molar-refractivity contribution in [3.05, 3.63) is 108 Å². The van der Waals surface area contributed by atoms with Crippen LogP contribution in [0.1, 0.15) is 55.2 Å². The molecule has 4 heteroatoms. The molecule has 2 saturated carbocycles. The highest BCUT2D eigenvalue weighted by Gasteiger charge is 2.44. The number of benzene rings is 6. The predicted octanol–water partition coefficient (Wildman–Crippen LogP) is 12.7. The highest BCUT2D eigenvalue weighted by atomic mass is 16.3. The molecule has 2 atom stereocenters. The highest BCUT2D eigenvalue weighted by molar-refractivity contribution is 6.42. The van der Waals surface area contributed by atoms with Crippen LogP contribution in [-0.4, -0.2) is 9.38 Å². The summed E-state index contributed by atoms with van der Waals surface area (Å²) < 4.78 is 16.6. The van der Waals surface area contributed by atoms with Crippen LogP contribution in [0.15, 0.2) is 106 Å². The maximum Gasteiger partial charge on any atom is 0.146 e. The molecule has 0 N–H and O–H groups in total. The summed E-state index contributed by atoms with van der Waals surface area (Å²) in [6, 6.07) is 33.1. The average Bonchev–Trinajstić information content (AvgIpc) is 3.86. The second-order valence-corrected chi connectivity index (χ2v) is 15.9. The molecule has 2 unspecified atom stereocenters. The third-order valence-electron chi connectivity index (χ3n) is 13.4. The van der Waals surface area contributed by atoms with Gasteiger partial charge < -0.3 is 13.2 Å². The number of hydrogen-bond donors (Lipinski definition) is 0. The number of para-hydroxylation sites is 1. The van der Waals surface area contributed by atoms with Gasteiger partial charge in [0, 0.05) is 49.3 Å². The molecule has 5 aromatic heterocycles. The van der Waals surface area contributed by atoms with E-state index in [9.17, 15) is 0 Å². The molecule has 4 nitrogen and oxygen atoms in total. The molecule has 50 heavy (non-hydrogen) atoms. The standard InChI is InChI=1S/C46H30N2O2/c1-2-8-25-19-36-31(18-24(25)7-1)32-20-33-39-34(21-47-42-27-16-22-13-23(17-27)15-26(14-22)37(39)42)48-43-29-10-4-3-9-28(29)38-30-11-5-6-12-35(30)49-46(38)41(43)40(44(33)48)45(32)50-36/h1-12,18-23,26-27H,13-17H2. The molecular formula is C46H30N2O2. The molecular weight excluding hydrogens is 613 g/mol. The van der Waals surface area contributed by atoms with Crippen molar-refractivity contribution in [2.45, 2.75) is 43.9 Å². The summed E-state index contributed by atoms with van der Waals surface area (Å²) in [5, 5.41) is 14.6. The normalized spacial score (nSPS) is 22.0. The first-order valence-corrected chi connectivity index (χ1v) is 18.4. The largest absolute Gasteiger partial charge is 0.455 e. The van der Waals surface area contributed by atoms with Gasteiger partial charge in [-0.3, -0.25) is 4.98 Å². The van der Waals surface area contributed by atoms with E-state index in [0.717, 1.165) is 50.3 Å². The van der Waals surface area contributed by atoms with Gasteiger partial charge in [0.2, 0.25) is 0 Å². The van der Waals surface area contributed by atoms with Crippen molar-refractivity contribution in [2.75, 3.05) is 0 Å². The van der Waals surface area contributed by atoms with Crippen molar-refractivity contribution >= 4 is 104 Å². The van der Waals surface area contributed by atoms with Crippen LogP contribution in [-0.2, 0) is 0 Å². The van der Waals surface area contributed by atoms with E-state index in [4.69, 9.17) is 13.8 Å². The van der Waals surface area contributed by atoms with E-state index in [-0.39, 0.29) is 0 Å². The van der Waals surface area contributed by atoms with E-state index >= 15 is 0 Å². The molecule has 15 rings (SSSR count). The fraction of sp³-hybridized carbons (Fsp3) is 0.196. The van der Waals surface area contributed by atoms with E-state index in [1.165, 1.54) is 103 Å². The molecule has 0 aliphatic heterocycles. The minimum absolute atomic E-state index is 0.578. The van der Waals surface area contributed by atoms with Crippen molar-refractivity contribution in [2.24, 2.45) is 11.8 Å². The number of furan rings is 2. The van der Waals surface area contributed by atoms with E-state index in [2.05, 4.69) is 102 Å². The van der Waals surface area contributed by atoms with Gasteiger partial charge in [-0.2, -0.15) is 0 Å². The summed E-state index contributed by atoms with van der Waals surface area (Å²) >= 11 is 0. The minimum atomic E-state index is 0.578. The molecule has 0 radical (unpaired) electrons. The first-order valence-electron chi connectivity index (χ1n) is 18.4. The van der Waals surface area contributed by atoms with Crippen LogP contribution in [0.2, 0.25) is 0 Å². The van der Waals surface area contributed by atoms with Gasteiger partial charge in [0.25, 0.3) is 0 Å². The summed E-state index contributed by atoms with van der Waals surface area (Å²) in [6.45, 7) is 0. The lowest BCUT2D eigenvalue weighted by Gasteiger charge is -2.38. The monoisotopic (exact) mass is 642 g/mol. The van der Waals surface area contributed by atoms with E-state index in [0.29, 0.717) is 11.8 Å². The smallest absolute Gasteiger partial charge is 0.146 e. The third-order valence-corrected chi connectivity index (χ3v) is 13.4. The van der Waals surface area contributed by atoms with Crippen molar-refractivity contribution in [1.82, 2.24) is 9.38 Å². The Labute approximate surface area is 285 Å². The lowest BCUT2D eigenvalue weighted by atomic mass is 9.67. The zero-order valence-electron chi connectivity index (χ0n) is 27.3. The average molecular weight is 643 g/mol.